The van der Waals surface area contributed by atoms with Crippen LogP contribution in [0.1, 0.15) is 31.9 Å². The minimum absolute atomic E-state index is 0.219. The van der Waals surface area contributed by atoms with Gasteiger partial charge in [0.2, 0.25) is 0 Å². The highest BCUT2D eigenvalue weighted by atomic mass is 16.6. The van der Waals surface area contributed by atoms with E-state index < -0.39 is 5.60 Å². The van der Waals surface area contributed by atoms with E-state index >= 15 is 0 Å². The zero-order chi connectivity index (χ0) is 21.6. The van der Waals surface area contributed by atoms with E-state index in [0.29, 0.717) is 19.7 Å². The third-order valence-electron chi connectivity index (χ3n) is 4.92. The molecule has 6 heteroatoms. The van der Waals surface area contributed by atoms with Crippen LogP contribution in [0.3, 0.4) is 0 Å². The van der Waals surface area contributed by atoms with E-state index in [1.165, 1.54) is 5.56 Å². The standard InChI is InChI=1S/C24H32N2O4/c1-24(2,3)30-23(27)26-15-13-25(14-16-26)17-19-5-7-20(8-6-19)18-29-22-11-9-21(28-4)10-12-22/h5-12H,13-18H2,1-4H3. The van der Waals surface area contributed by atoms with Crippen molar-refractivity contribution in [3.05, 3.63) is 59.7 Å². The molecular weight excluding hydrogens is 380 g/mol. The van der Waals surface area contributed by atoms with Crippen LogP contribution in [0.5, 0.6) is 11.5 Å². The minimum Gasteiger partial charge on any atom is -0.497 e. The third kappa shape index (κ3) is 6.66. The van der Waals surface area contributed by atoms with Gasteiger partial charge in [0, 0.05) is 32.7 Å². The van der Waals surface area contributed by atoms with E-state index in [0.717, 1.165) is 36.7 Å². The Kier molecular flexibility index (Phi) is 7.21. The van der Waals surface area contributed by atoms with Crippen molar-refractivity contribution >= 4 is 6.09 Å². The number of carbonyl (C=O) groups excluding carboxylic acids is 1. The molecule has 1 aliphatic rings. The normalized spacial score (nSPS) is 15.0. The molecule has 0 bridgehead atoms. The first-order valence-electron chi connectivity index (χ1n) is 10.4. The molecule has 0 unspecified atom stereocenters. The smallest absolute Gasteiger partial charge is 0.410 e. The maximum atomic E-state index is 12.2. The van der Waals surface area contributed by atoms with Crippen LogP contribution in [0.25, 0.3) is 0 Å². The van der Waals surface area contributed by atoms with Crippen LogP contribution in [0.4, 0.5) is 4.79 Å². The van der Waals surface area contributed by atoms with Gasteiger partial charge in [-0.25, -0.2) is 4.79 Å². The van der Waals surface area contributed by atoms with Gasteiger partial charge < -0.3 is 19.1 Å². The van der Waals surface area contributed by atoms with E-state index in [9.17, 15) is 4.79 Å². The molecule has 2 aromatic carbocycles. The summed E-state index contributed by atoms with van der Waals surface area (Å²) < 4.78 is 16.5. The van der Waals surface area contributed by atoms with Crippen molar-refractivity contribution < 1.29 is 19.0 Å². The van der Waals surface area contributed by atoms with Gasteiger partial charge in [-0.05, 0) is 56.2 Å². The van der Waals surface area contributed by atoms with Crippen molar-refractivity contribution in [2.45, 2.75) is 39.5 Å². The van der Waals surface area contributed by atoms with E-state index in [4.69, 9.17) is 14.2 Å². The zero-order valence-corrected chi connectivity index (χ0v) is 18.4. The Bertz CT molecular complexity index is 805. The molecule has 0 spiro atoms. The van der Waals surface area contributed by atoms with Crippen LogP contribution in [-0.2, 0) is 17.9 Å². The maximum absolute atomic E-state index is 12.2. The molecule has 0 aliphatic carbocycles. The number of hydrogen-bond acceptors (Lipinski definition) is 5. The quantitative estimate of drug-likeness (QED) is 0.707. The van der Waals surface area contributed by atoms with E-state index in [-0.39, 0.29) is 6.09 Å². The van der Waals surface area contributed by atoms with Gasteiger partial charge in [0.25, 0.3) is 0 Å². The number of carbonyl (C=O) groups is 1. The monoisotopic (exact) mass is 412 g/mol. The lowest BCUT2D eigenvalue weighted by Gasteiger charge is -2.35. The van der Waals surface area contributed by atoms with E-state index in [2.05, 4.69) is 29.2 Å². The first kappa shape index (κ1) is 22.0. The highest BCUT2D eigenvalue weighted by molar-refractivity contribution is 5.68. The van der Waals surface area contributed by atoms with Crippen molar-refractivity contribution in [3.8, 4) is 11.5 Å². The van der Waals surface area contributed by atoms with Crippen LogP contribution in [0, 0.1) is 0 Å². The highest BCUT2D eigenvalue weighted by Gasteiger charge is 2.25. The molecule has 0 atom stereocenters. The Balaban J connectivity index is 1.43. The molecule has 1 heterocycles. The Morgan fingerprint density at radius 3 is 2.00 bits per heavy atom. The van der Waals surface area contributed by atoms with Gasteiger partial charge in [-0.1, -0.05) is 24.3 Å². The molecular formula is C24H32N2O4. The number of hydrogen-bond donors (Lipinski definition) is 0. The number of rotatable bonds is 6. The van der Waals surface area contributed by atoms with Crippen molar-refractivity contribution in [2.24, 2.45) is 0 Å². The topological polar surface area (TPSA) is 51.2 Å². The lowest BCUT2D eigenvalue weighted by atomic mass is 10.1. The Hall–Kier alpha value is -2.73. The average molecular weight is 413 g/mol. The van der Waals surface area contributed by atoms with Gasteiger partial charge in [-0.15, -0.1) is 0 Å². The summed E-state index contributed by atoms with van der Waals surface area (Å²) in [5.74, 6) is 1.64. The van der Waals surface area contributed by atoms with Crippen LogP contribution >= 0.6 is 0 Å². The summed E-state index contributed by atoms with van der Waals surface area (Å²) >= 11 is 0. The second-order valence-corrected chi connectivity index (χ2v) is 8.52. The summed E-state index contributed by atoms with van der Waals surface area (Å²) in [7, 11) is 1.65. The molecule has 2 aromatic rings. The molecule has 0 N–H and O–H groups in total. The van der Waals surface area contributed by atoms with Crippen molar-refractivity contribution in [2.75, 3.05) is 33.3 Å². The van der Waals surface area contributed by atoms with E-state index in [1.807, 2.05) is 45.0 Å². The van der Waals surface area contributed by atoms with Crippen molar-refractivity contribution in [1.82, 2.24) is 9.80 Å². The summed E-state index contributed by atoms with van der Waals surface area (Å²) in [6, 6.07) is 16.1. The summed E-state index contributed by atoms with van der Waals surface area (Å²) in [6.07, 6.45) is -0.219. The van der Waals surface area contributed by atoms with Crippen molar-refractivity contribution in [1.29, 1.82) is 0 Å². The Morgan fingerprint density at radius 1 is 0.867 bits per heavy atom. The van der Waals surface area contributed by atoms with Gasteiger partial charge in [0.1, 0.15) is 23.7 Å². The van der Waals surface area contributed by atoms with Gasteiger partial charge in [0.05, 0.1) is 7.11 Å². The first-order chi connectivity index (χ1) is 14.3. The molecule has 0 saturated carbocycles. The molecule has 162 valence electrons. The fourth-order valence-electron chi connectivity index (χ4n) is 3.25. The van der Waals surface area contributed by atoms with Gasteiger partial charge in [-0.2, -0.15) is 0 Å². The molecule has 6 nitrogen and oxygen atoms in total. The molecule has 3 rings (SSSR count). The number of piperazine rings is 1. The van der Waals surface area contributed by atoms with Gasteiger partial charge in [0.15, 0.2) is 0 Å². The fraction of sp³-hybridized carbons (Fsp3) is 0.458. The molecule has 1 aliphatic heterocycles. The van der Waals surface area contributed by atoms with E-state index in [1.54, 1.807) is 12.0 Å². The molecule has 0 radical (unpaired) electrons. The third-order valence-corrected chi connectivity index (χ3v) is 4.92. The fourth-order valence-corrected chi connectivity index (χ4v) is 3.25. The molecule has 1 saturated heterocycles. The molecule has 30 heavy (non-hydrogen) atoms. The number of methoxy groups -OCH3 is 1. The minimum atomic E-state index is -0.451. The van der Waals surface area contributed by atoms with Crippen molar-refractivity contribution in [3.63, 3.8) is 0 Å². The Morgan fingerprint density at radius 2 is 1.43 bits per heavy atom. The number of amides is 1. The van der Waals surface area contributed by atoms with Crippen LogP contribution < -0.4 is 9.47 Å². The number of benzene rings is 2. The van der Waals surface area contributed by atoms with Crippen LogP contribution in [0.15, 0.2) is 48.5 Å². The maximum Gasteiger partial charge on any atom is 0.410 e. The number of ether oxygens (including phenoxy) is 3. The van der Waals surface area contributed by atoms with Crippen LogP contribution in [-0.4, -0.2) is 54.8 Å². The second-order valence-electron chi connectivity index (χ2n) is 8.52. The summed E-state index contributed by atoms with van der Waals surface area (Å²) in [5, 5.41) is 0. The van der Waals surface area contributed by atoms with Crippen LogP contribution in [0.2, 0.25) is 0 Å². The lowest BCUT2D eigenvalue weighted by Crippen LogP contribution is -2.49. The first-order valence-corrected chi connectivity index (χ1v) is 10.4. The average Bonchev–Trinajstić information content (AvgIpc) is 2.73. The summed E-state index contributed by atoms with van der Waals surface area (Å²) in [4.78, 5) is 16.3. The van der Waals surface area contributed by atoms with Gasteiger partial charge >= 0.3 is 6.09 Å². The predicted molar refractivity (Wildman–Crippen MR) is 117 cm³/mol. The number of nitrogens with zero attached hydrogens (tertiary/aromatic N) is 2. The molecule has 1 fully saturated rings. The lowest BCUT2D eigenvalue weighted by molar-refractivity contribution is 0.0139. The zero-order valence-electron chi connectivity index (χ0n) is 18.4. The predicted octanol–water partition coefficient (Wildman–Crippen LogP) is 4.33. The highest BCUT2D eigenvalue weighted by Crippen LogP contribution is 2.19. The largest absolute Gasteiger partial charge is 0.497 e. The molecule has 0 aromatic heterocycles. The summed E-state index contributed by atoms with van der Waals surface area (Å²) in [6.45, 7) is 10.2. The SMILES string of the molecule is COc1ccc(OCc2ccc(CN3CCN(C(=O)OC(C)(C)C)CC3)cc2)cc1. The second kappa shape index (κ2) is 9.85. The van der Waals surface area contributed by atoms with Gasteiger partial charge in [-0.3, -0.25) is 4.90 Å². The summed E-state index contributed by atoms with van der Waals surface area (Å²) in [5.41, 5.74) is 1.94. The Labute approximate surface area is 179 Å². The molecule has 1 amide bonds.